The highest BCUT2D eigenvalue weighted by Crippen LogP contribution is 2.22. The van der Waals surface area contributed by atoms with Gasteiger partial charge >= 0.3 is 18.1 Å². The standard InChI is InChI=1S/C17H19N5O3.C2HF3O2/c1-9-10(2)21(3)16(23)14(20-9)12-5-4-11(8-13(18)17(24)25)22-7-6-19-15(12)22;3-2(4,5)1(6)7/h4-7,13H,8,18H2,1-3H3,(H,24,25);(H,6,7). The molecule has 0 aliphatic rings. The summed E-state index contributed by atoms with van der Waals surface area (Å²) >= 11 is 0. The molecule has 13 heteroatoms. The summed E-state index contributed by atoms with van der Waals surface area (Å²) in [6.45, 7) is 3.69. The van der Waals surface area contributed by atoms with Crippen LogP contribution in [0.25, 0.3) is 16.9 Å². The summed E-state index contributed by atoms with van der Waals surface area (Å²) in [7, 11) is 1.71. The minimum Gasteiger partial charge on any atom is -0.480 e. The van der Waals surface area contributed by atoms with Crippen LogP contribution in [0.3, 0.4) is 0 Å². The number of halogens is 3. The first-order valence-corrected chi connectivity index (χ1v) is 9.03. The van der Waals surface area contributed by atoms with E-state index in [-0.39, 0.29) is 12.0 Å². The molecule has 0 aromatic carbocycles. The smallest absolute Gasteiger partial charge is 0.480 e. The summed E-state index contributed by atoms with van der Waals surface area (Å²) in [5, 5.41) is 16.1. The minimum atomic E-state index is -5.08. The van der Waals surface area contributed by atoms with Gasteiger partial charge in [0.15, 0.2) is 0 Å². The molecule has 3 aromatic rings. The Morgan fingerprint density at radius 2 is 1.81 bits per heavy atom. The first-order valence-electron chi connectivity index (χ1n) is 9.03. The van der Waals surface area contributed by atoms with E-state index in [0.29, 0.717) is 22.6 Å². The largest absolute Gasteiger partial charge is 0.490 e. The van der Waals surface area contributed by atoms with Crippen molar-refractivity contribution < 1.29 is 33.0 Å². The van der Waals surface area contributed by atoms with E-state index in [9.17, 15) is 22.8 Å². The molecule has 4 N–H and O–H groups in total. The van der Waals surface area contributed by atoms with Crippen molar-refractivity contribution in [3.63, 3.8) is 0 Å². The van der Waals surface area contributed by atoms with Gasteiger partial charge in [-0.25, -0.2) is 14.8 Å². The van der Waals surface area contributed by atoms with Crippen LogP contribution in [-0.4, -0.2) is 53.3 Å². The number of aryl methyl sites for hydroxylation is 1. The van der Waals surface area contributed by atoms with Gasteiger partial charge in [-0.3, -0.25) is 9.59 Å². The van der Waals surface area contributed by atoms with Crippen molar-refractivity contribution in [1.29, 1.82) is 0 Å². The number of hydrogen-bond acceptors (Lipinski definition) is 6. The number of nitrogens with two attached hydrogens (primary N) is 1. The fourth-order valence-corrected chi connectivity index (χ4v) is 2.76. The van der Waals surface area contributed by atoms with Crippen molar-refractivity contribution in [2.24, 2.45) is 12.8 Å². The lowest BCUT2D eigenvalue weighted by Crippen LogP contribution is -2.32. The monoisotopic (exact) mass is 455 g/mol. The zero-order chi connectivity index (χ0) is 24.4. The van der Waals surface area contributed by atoms with Crippen molar-refractivity contribution in [2.75, 3.05) is 0 Å². The molecule has 1 unspecified atom stereocenters. The lowest BCUT2D eigenvalue weighted by molar-refractivity contribution is -0.192. The number of alkyl halides is 3. The van der Waals surface area contributed by atoms with Crippen LogP contribution in [0.1, 0.15) is 17.1 Å². The molecule has 0 bridgehead atoms. The van der Waals surface area contributed by atoms with Crippen molar-refractivity contribution in [3.8, 4) is 11.3 Å². The fourth-order valence-electron chi connectivity index (χ4n) is 2.76. The van der Waals surface area contributed by atoms with Gasteiger partial charge in [0, 0.05) is 42.8 Å². The maximum absolute atomic E-state index is 12.6. The quantitative estimate of drug-likeness (QED) is 0.532. The third-order valence-corrected chi connectivity index (χ3v) is 4.69. The number of aromatic nitrogens is 4. The highest BCUT2D eigenvalue weighted by Gasteiger charge is 2.38. The van der Waals surface area contributed by atoms with Gasteiger partial charge in [-0.15, -0.1) is 0 Å². The lowest BCUT2D eigenvalue weighted by Gasteiger charge is -2.13. The van der Waals surface area contributed by atoms with Gasteiger partial charge in [0.2, 0.25) is 0 Å². The third kappa shape index (κ3) is 5.11. The van der Waals surface area contributed by atoms with Crippen LogP contribution in [-0.2, 0) is 23.1 Å². The normalized spacial score (nSPS) is 12.2. The highest BCUT2D eigenvalue weighted by atomic mass is 19.4. The van der Waals surface area contributed by atoms with Gasteiger partial charge < -0.3 is 24.9 Å². The average molecular weight is 455 g/mol. The van der Waals surface area contributed by atoms with Crippen LogP contribution in [0.2, 0.25) is 0 Å². The van der Waals surface area contributed by atoms with Gasteiger partial charge in [0.1, 0.15) is 17.4 Å². The number of nitrogens with zero attached hydrogens (tertiary/aromatic N) is 4. The van der Waals surface area contributed by atoms with Crippen LogP contribution >= 0.6 is 0 Å². The zero-order valence-corrected chi connectivity index (χ0v) is 17.2. The molecule has 1 atom stereocenters. The van der Waals surface area contributed by atoms with E-state index in [4.69, 9.17) is 20.7 Å². The molecular weight excluding hydrogens is 435 g/mol. The SMILES string of the molecule is Cc1nc(-c2ccc(CC(N)C(=O)O)n3ccnc23)c(=O)n(C)c1C.O=C(O)C(F)(F)F. The van der Waals surface area contributed by atoms with E-state index in [2.05, 4.69) is 9.97 Å². The van der Waals surface area contributed by atoms with E-state index < -0.39 is 24.2 Å². The molecule has 0 radical (unpaired) electrons. The van der Waals surface area contributed by atoms with Gasteiger partial charge in [-0.2, -0.15) is 13.2 Å². The summed E-state index contributed by atoms with van der Waals surface area (Å²) in [5.74, 6) is -3.82. The van der Waals surface area contributed by atoms with Crippen LogP contribution in [0.5, 0.6) is 0 Å². The first-order chi connectivity index (χ1) is 14.8. The second kappa shape index (κ2) is 9.18. The Labute approximate surface area is 178 Å². The third-order valence-electron chi connectivity index (χ3n) is 4.69. The molecule has 0 spiro atoms. The molecule has 0 saturated carbocycles. The van der Waals surface area contributed by atoms with Crippen molar-refractivity contribution in [1.82, 2.24) is 18.9 Å². The number of pyridine rings is 1. The summed E-state index contributed by atoms with van der Waals surface area (Å²) in [4.78, 5) is 41.3. The molecule has 10 nitrogen and oxygen atoms in total. The number of imidazole rings is 1. The maximum atomic E-state index is 12.6. The minimum absolute atomic E-state index is 0.154. The van der Waals surface area contributed by atoms with Crippen molar-refractivity contribution >= 4 is 17.6 Å². The van der Waals surface area contributed by atoms with Crippen LogP contribution < -0.4 is 11.3 Å². The Morgan fingerprint density at radius 3 is 2.34 bits per heavy atom. The molecule has 0 amide bonds. The Balaban J connectivity index is 0.000000451. The molecule has 0 aliphatic carbocycles. The topological polar surface area (TPSA) is 153 Å². The van der Waals surface area contributed by atoms with Crippen LogP contribution in [0.4, 0.5) is 13.2 Å². The number of fused-ring (bicyclic) bond motifs is 1. The van der Waals surface area contributed by atoms with E-state index in [0.717, 1.165) is 11.4 Å². The second-order valence-corrected chi connectivity index (χ2v) is 6.81. The van der Waals surface area contributed by atoms with Gasteiger partial charge in [0.25, 0.3) is 5.56 Å². The van der Waals surface area contributed by atoms with E-state index >= 15 is 0 Å². The molecular formula is C19H20F3N5O5. The van der Waals surface area contributed by atoms with Crippen LogP contribution in [0, 0.1) is 13.8 Å². The molecule has 0 fully saturated rings. The lowest BCUT2D eigenvalue weighted by atomic mass is 10.1. The number of aliphatic carboxylic acids is 2. The Kier molecular flexibility index (Phi) is 7.03. The van der Waals surface area contributed by atoms with Gasteiger partial charge in [-0.05, 0) is 26.0 Å². The summed E-state index contributed by atoms with van der Waals surface area (Å²) < 4.78 is 35.0. The maximum Gasteiger partial charge on any atom is 0.490 e. The van der Waals surface area contributed by atoms with Crippen LogP contribution in [0.15, 0.2) is 29.3 Å². The first kappa shape index (κ1) is 24.5. The molecule has 3 heterocycles. The molecule has 0 saturated heterocycles. The number of hydrogen-bond donors (Lipinski definition) is 3. The molecule has 3 rings (SSSR count). The molecule has 32 heavy (non-hydrogen) atoms. The molecule has 0 aliphatic heterocycles. The second-order valence-electron chi connectivity index (χ2n) is 6.81. The Bertz CT molecular complexity index is 1230. The summed E-state index contributed by atoms with van der Waals surface area (Å²) in [6, 6.07) is 2.48. The highest BCUT2D eigenvalue weighted by molar-refractivity contribution is 5.76. The van der Waals surface area contributed by atoms with Crippen molar-refractivity contribution in [3.05, 3.63) is 52.0 Å². The zero-order valence-electron chi connectivity index (χ0n) is 17.2. The Morgan fingerprint density at radius 1 is 1.22 bits per heavy atom. The van der Waals surface area contributed by atoms with Gasteiger partial charge in [0.05, 0.1) is 5.69 Å². The molecule has 3 aromatic heterocycles. The summed E-state index contributed by atoms with van der Waals surface area (Å²) in [5.41, 5.74) is 9.16. The molecule has 172 valence electrons. The predicted octanol–water partition coefficient (Wildman–Crippen LogP) is 1.30. The number of carboxylic acid groups (broad SMARTS) is 2. The number of carbonyl (C=O) groups is 2. The van der Waals surface area contributed by atoms with E-state index in [1.165, 1.54) is 0 Å². The Hall–Kier alpha value is -3.74. The van der Waals surface area contributed by atoms with E-state index in [1.807, 2.05) is 13.8 Å². The fraction of sp³-hybridized carbons (Fsp3) is 0.316. The predicted molar refractivity (Wildman–Crippen MR) is 106 cm³/mol. The number of carboxylic acids is 2. The van der Waals surface area contributed by atoms with Gasteiger partial charge in [-0.1, -0.05) is 0 Å². The van der Waals surface area contributed by atoms with Crippen molar-refractivity contribution in [2.45, 2.75) is 32.5 Å². The number of rotatable bonds is 4. The summed E-state index contributed by atoms with van der Waals surface area (Å²) in [6.07, 6.45) is -1.62. The van der Waals surface area contributed by atoms with E-state index in [1.54, 1.807) is 40.5 Å². The average Bonchev–Trinajstić information content (AvgIpc) is 3.19.